The zero-order valence-electron chi connectivity index (χ0n) is 14.3. The van der Waals surface area contributed by atoms with Gasteiger partial charge in [0.15, 0.2) is 0 Å². The summed E-state index contributed by atoms with van der Waals surface area (Å²) in [6.07, 6.45) is 3.95. The van der Waals surface area contributed by atoms with Crippen molar-refractivity contribution in [3.8, 4) is 0 Å². The van der Waals surface area contributed by atoms with E-state index >= 15 is 0 Å². The van der Waals surface area contributed by atoms with Crippen molar-refractivity contribution in [2.24, 2.45) is 0 Å². The molecular weight excluding hydrogens is 402 g/mol. The van der Waals surface area contributed by atoms with Gasteiger partial charge >= 0.3 is 0 Å². The summed E-state index contributed by atoms with van der Waals surface area (Å²) in [6.45, 7) is 0.439. The Kier molecular flexibility index (Phi) is 5.43. The lowest BCUT2D eigenvalue weighted by atomic mass is 10.2. The van der Waals surface area contributed by atoms with Crippen molar-refractivity contribution in [2.45, 2.75) is 29.5 Å². The van der Waals surface area contributed by atoms with E-state index in [1.807, 2.05) is 11.4 Å². The number of hydrogen-bond donors (Lipinski definition) is 0. The number of carbonyl (C=O) groups excluding carboxylic acids is 2. The standard InChI is InChI=1S/C19H16ClN3O2S2/c20-13-6-4-12(5-7-13)18(24)23-9-2-1-3-15(19(23)25)27-17-14-8-10-26-16(14)21-11-22-17/h4-8,10-11,15H,1-3,9H2. The molecule has 1 aliphatic rings. The van der Waals surface area contributed by atoms with E-state index in [9.17, 15) is 9.59 Å². The average molecular weight is 418 g/mol. The molecule has 27 heavy (non-hydrogen) atoms. The van der Waals surface area contributed by atoms with Crippen LogP contribution < -0.4 is 0 Å². The van der Waals surface area contributed by atoms with Crippen LogP contribution in [0.3, 0.4) is 0 Å². The molecule has 2 aromatic heterocycles. The van der Waals surface area contributed by atoms with Gasteiger partial charge in [-0.1, -0.05) is 29.8 Å². The Morgan fingerprint density at radius 3 is 2.81 bits per heavy atom. The van der Waals surface area contributed by atoms with Crippen LogP contribution >= 0.6 is 34.7 Å². The molecule has 0 bridgehead atoms. The van der Waals surface area contributed by atoms with Gasteiger partial charge in [0.2, 0.25) is 5.91 Å². The molecule has 3 aromatic rings. The van der Waals surface area contributed by atoms with Crippen LogP contribution in [0.5, 0.6) is 0 Å². The Hall–Kier alpha value is -1.96. The van der Waals surface area contributed by atoms with E-state index in [0.717, 1.165) is 34.5 Å². The van der Waals surface area contributed by atoms with Crippen LogP contribution in [0.1, 0.15) is 29.6 Å². The minimum Gasteiger partial charge on any atom is -0.278 e. The highest BCUT2D eigenvalue weighted by Crippen LogP contribution is 2.34. The molecule has 138 valence electrons. The Bertz CT molecular complexity index is 990. The van der Waals surface area contributed by atoms with Crippen LogP contribution in [0.2, 0.25) is 5.02 Å². The molecular formula is C19H16ClN3O2S2. The maximum atomic E-state index is 13.1. The topological polar surface area (TPSA) is 63.2 Å². The van der Waals surface area contributed by atoms with Crippen molar-refractivity contribution in [3.05, 3.63) is 52.6 Å². The molecule has 1 atom stereocenters. The van der Waals surface area contributed by atoms with E-state index in [1.165, 1.54) is 23.0 Å². The van der Waals surface area contributed by atoms with E-state index in [4.69, 9.17) is 11.6 Å². The van der Waals surface area contributed by atoms with Gasteiger partial charge in [-0.15, -0.1) is 11.3 Å². The van der Waals surface area contributed by atoms with Gasteiger partial charge < -0.3 is 0 Å². The first-order chi connectivity index (χ1) is 13.1. The molecule has 5 nitrogen and oxygen atoms in total. The number of rotatable bonds is 3. The maximum Gasteiger partial charge on any atom is 0.260 e. The number of fused-ring (bicyclic) bond motifs is 1. The van der Waals surface area contributed by atoms with Gasteiger partial charge in [-0.05, 0) is 48.6 Å². The van der Waals surface area contributed by atoms with Crippen molar-refractivity contribution < 1.29 is 9.59 Å². The molecule has 8 heteroatoms. The third kappa shape index (κ3) is 3.85. The summed E-state index contributed by atoms with van der Waals surface area (Å²) in [5.41, 5.74) is 0.473. The van der Waals surface area contributed by atoms with Crippen molar-refractivity contribution in [1.29, 1.82) is 0 Å². The van der Waals surface area contributed by atoms with Gasteiger partial charge in [0, 0.05) is 22.5 Å². The summed E-state index contributed by atoms with van der Waals surface area (Å²) in [4.78, 5) is 36.9. The predicted octanol–water partition coefficient (Wildman–Crippen LogP) is 4.66. The summed E-state index contributed by atoms with van der Waals surface area (Å²) in [6, 6.07) is 8.61. The zero-order chi connectivity index (χ0) is 18.8. The summed E-state index contributed by atoms with van der Waals surface area (Å²) < 4.78 is 0. The second-order valence-electron chi connectivity index (χ2n) is 6.22. The molecule has 0 saturated carbocycles. The number of hydrogen-bond acceptors (Lipinski definition) is 6. The molecule has 0 N–H and O–H groups in total. The third-order valence-corrected chi connectivity index (χ3v) is 6.80. The molecule has 4 rings (SSSR count). The highest BCUT2D eigenvalue weighted by molar-refractivity contribution is 8.00. The molecule has 1 saturated heterocycles. The van der Waals surface area contributed by atoms with Crippen LogP contribution in [0, 0.1) is 0 Å². The van der Waals surface area contributed by atoms with E-state index in [0.29, 0.717) is 17.1 Å². The summed E-state index contributed by atoms with van der Waals surface area (Å²) in [5.74, 6) is -0.424. The van der Waals surface area contributed by atoms with Crippen LogP contribution in [0.25, 0.3) is 10.2 Å². The monoisotopic (exact) mass is 417 g/mol. The molecule has 1 unspecified atom stereocenters. The quantitative estimate of drug-likeness (QED) is 0.458. The first kappa shape index (κ1) is 18.4. The number of carbonyl (C=O) groups is 2. The van der Waals surface area contributed by atoms with E-state index in [2.05, 4.69) is 9.97 Å². The van der Waals surface area contributed by atoms with Crippen LogP contribution in [-0.4, -0.2) is 38.5 Å². The van der Waals surface area contributed by atoms with Gasteiger partial charge in [0.05, 0.1) is 5.25 Å². The molecule has 0 aliphatic carbocycles. The fourth-order valence-corrected chi connectivity index (χ4v) is 5.17. The Balaban J connectivity index is 1.58. The second kappa shape index (κ2) is 7.96. The molecule has 1 aromatic carbocycles. The first-order valence-electron chi connectivity index (χ1n) is 8.59. The first-order valence-corrected chi connectivity index (χ1v) is 10.7. The summed E-state index contributed by atoms with van der Waals surface area (Å²) in [5, 5.41) is 3.95. The van der Waals surface area contributed by atoms with Crippen LogP contribution in [-0.2, 0) is 4.79 Å². The molecule has 0 radical (unpaired) electrons. The van der Waals surface area contributed by atoms with Crippen LogP contribution in [0.4, 0.5) is 0 Å². The number of likely N-dealkylation sites (tertiary alicyclic amines) is 1. The number of amides is 2. The van der Waals surface area contributed by atoms with Crippen molar-refractivity contribution in [2.75, 3.05) is 6.54 Å². The summed E-state index contributed by atoms with van der Waals surface area (Å²) in [7, 11) is 0. The number of thiophene rings is 1. The molecule has 2 amide bonds. The van der Waals surface area contributed by atoms with Crippen molar-refractivity contribution in [1.82, 2.24) is 14.9 Å². The third-order valence-electron chi connectivity index (χ3n) is 4.45. The molecule has 3 heterocycles. The number of nitrogens with zero attached hydrogens (tertiary/aromatic N) is 3. The van der Waals surface area contributed by atoms with Gasteiger partial charge in [-0.2, -0.15) is 0 Å². The highest BCUT2D eigenvalue weighted by Gasteiger charge is 2.32. The summed E-state index contributed by atoms with van der Waals surface area (Å²) >= 11 is 8.88. The number of aromatic nitrogens is 2. The maximum absolute atomic E-state index is 13.1. The van der Waals surface area contributed by atoms with E-state index < -0.39 is 0 Å². The lowest BCUT2D eigenvalue weighted by molar-refractivity contribution is -0.127. The second-order valence-corrected chi connectivity index (χ2v) is 8.74. The van der Waals surface area contributed by atoms with Gasteiger partial charge in [-0.25, -0.2) is 9.97 Å². The number of halogens is 1. The Labute approximate surface area is 169 Å². The Morgan fingerprint density at radius 1 is 1.19 bits per heavy atom. The number of benzene rings is 1. The number of imide groups is 1. The fraction of sp³-hybridized carbons (Fsp3) is 0.263. The minimum absolute atomic E-state index is 0.153. The van der Waals surface area contributed by atoms with Crippen molar-refractivity contribution >= 4 is 56.7 Å². The van der Waals surface area contributed by atoms with Crippen molar-refractivity contribution in [3.63, 3.8) is 0 Å². The average Bonchev–Trinajstić information content (AvgIpc) is 3.09. The van der Waals surface area contributed by atoms with Crippen LogP contribution in [0.15, 0.2) is 47.1 Å². The Morgan fingerprint density at radius 2 is 2.00 bits per heavy atom. The van der Waals surface area contributed by atoms with Gasteiger partial charge in [0.1, 0.15) is 16.2 Å². The largest absolute Gasteiger partial charge is 0.278 e. The molecule has 0 spiro atoms. The number of thioether (sulfide) groups is 1. The molecule has 1 fully saturated rings. The predicted molar refractivity (Wildman–Crippen MR) is 108 cm³/mol. The highest BCUT2D eigenvalue weighted by atomic mass is 35.5. The van der Waals surface area contributed by atoms with E-state index in [-0.39, 0.29) is 17.1 Å². The smallest absolute Gasteiger partial charge is 0.260 e. The van der Waals surface area contributed by atoms with Gasteiger partial charge in [0.25, 0.3) is 5.91 Å². The zero-order valence-corrected chi connectivity index (χ0v) is 16.7. The lowest BCUT2D eigenvalue weighted by Crippen LogP contribution is -2.41. The minimum atomic E-state index is -0.332. The van der Waals surface area contributed by atoms with Gasteiger partial charge in [-0.3, -0.25) is 14.5 Å². The normalized spacial score (nSPS) is 17.9. The lowest BCUT2D eigenvalue weighted by Gasteiger charge is -2.22. The molecule has 1 aliphatic heterocycles. The SMILES string of the molecule is O=C(c1ccc(Cl)cc1)N1CCCCC(Sc2ncnc3sccc23)C1=O. The van der Waals surface area contributed by atoms with E-state index in [1.54, 1.807) is 35.6 Å². The fourth-order valence-electron chi connectivity index (χ4n) is 3.06.